The van der Waals surface area contributed by atoms with Crippen LogP contribution in [0.2, 0.25) is 0 Å². The number of rotatable bonds is 4. The highest BCUT2D eigenvalue weighted by Crippen LogP contribution is 2.20. The molecule has 4 nitrogen and oxygen atoms in total. The Morgan fingerprint density at radius 1 is 1.47 bits per heavy atom. The van der Waals surface area contributed by atoms with E-state index in [0.29, 0.717) is 0 Å². The van der Waals surface area contributed by atoms with E-state index in [-0.39, 0.29) is 18.7 Å². The minimum atomic E-state index is -0.925. The van der Waals surface area contributed by atoms with Gasteiger partial charge in [-0.2, -0.15) is 5.26 Å². The van der Waals surface area contributed by atoms with Gasteiger partial charge in [0.2, 0.25) is 0 Å². The van der Waals surface area contributed by atoms with Crippen LogP contribution in [-0.2, 0) is 9.53 Å². The molecular formula is C11H10F2N2O2. The zero-order chi connectivity index (χ0) is 12.8. The highest BCUT2D eigenvalue weighted by Gasteiger charge is 2.12. The lowest BCUT2D eigenvalue weighted by atomic mass is 10.2. The molecule has 0 spiro atoms. The van der Waals surface area contributed by atoms with Crippen molar-refractivity contribution in [2.75, 3.05) is 18.5 Å². The second-order valence-electron chi connectivity index (χ2n) is 3.09. The largest absolute Gasteiger partial charge is 0.465 e. The SMILES string of the molecule is CCOC(=O)CNc1c(F)cc(C#N)cc1F. The summed E-state index contributed by atoms with van der Waals surface area (Å²) in [4.78, 5) is 11.0. The molecule has 0 aromatic heterocycles. The molecule has 0 aliphatic rings. The van der Waals surface area contributed by atoms with Crippen LogP contribution in [0.5, 0.6) is 0 Å². The molecule has 0 bridgehead atoms. The predicted octanol–water partition coefficient (Wildman–Crippen LogP) is 1.81. The van der Waals surface area contributed by atoms with E-state index in [2.05, 4.69) is 10.1 Å². The molecule has 1 aromatic rings. The van der Waals surface area contributed by atoms with Crippen molar-refractivity contribution in [2.45, 2.75) is 6.92 Å². The maximum Gasteiger partial charge on any atom is 0.325 e. The number of anilines is 1. The third kappa shape index (κ3) is 3.41. The smallest absolute Gasteiger partial charge is 0.325 e. The van der Waals surface area contributed by atoms with E-state index in [1.807, 2.05) is 0 Å². The molecule has 1 N–H and O–H groups in total. The fraction of sp³-hybridized carbons (Fsp3) is 0.273. The minimum absolute atomic E-state index is 0.123. The highest BCUT2D eigenvalue weighted by atomic mass is 19.1. The molecule has 0 aliphatic heterocycles. The Labute approximate surface area is 96.8 Å². The Morgan fingerprint density at radius 3 is 2.53 bits per heavy atom. The van der Waals surface area contributed by atoms with Crippen LogP contribution >= 0.6 is 0 Å². The summed E-state index contributed by atoms with van der Waals surface area (Å²) in [5, 5.41) is 10.8. The van der Waals surface area contributed by atoms with Crippen molar-refractivity contribution in [1.82, 2.24) is 0 Å². The number of nitrogens with zero attached hydrogens (tertiary/aromatic N) is 1. The van der Waals surface area contributed by atoms with Gasteiger partial charge in [0.15, 0.2) is 11.6 Å². The van der Waals surface area contributed by atoms with E-state index < -0.39 is 23.3 Å². The van der Waals surface area contributed by atoms with Gasteiger partial charge in [-0.1, -0.05) is 0 Å². The molecule has 0 saturated carbocycles. The topological polar surface area (TPSA) is 62.1 Å². The summed E-state index contributed by atoms with van der Waals surface area (Å²) in [5.41, 5.74) is -0.571. The van der Waals surface area contributed by atoms with Gasteiger partial charge in [0, 0.05) is 0 Å². The third-order valence-electron chi connectivity index (χ3n) is 1.89. The van der Waals surface area contributed by atoms with Crippen molar-refractivity contribution in [3.8, 4) is 6.07 Å². The Kier molecular flexibility index (Phi) is 4.40. The normalized spacial score (nSPS) is 9.53. The van der Waals surface area contributed by atoms with E-state index in [4.69, 9.17) is 5.26 Å². The zero-order valence-corrected chi connectivity index (χ0v) is 9.09. The first-order valence-electron chi connectivity index (χ1n) is 4.87. The second-order valence-corrected chi connectivity index (χ2v) is 3.09. The lowest BCUT2D eigenvalue weighted by molar-refractivity contribution is -0.140. The third-order valence-corrected chi connectivity index (χ3v) is 1.89. The molecule has 0 fully saturated rings. The monoisotopic (exact) mass is 240 g/mol. The maximum absolute atomic E-state index is 13.3. The van der Waals surface area contributed by atoms with Crippen LogP contribution in [0.1, 0.15) is 12.5 Å². The van der Waals surface area contributed by atoms with Crippen molar-refractivity contribution in [3.05, 3.63) is 29.3 Å². The first-order chi connectivity index (χ1) is 8.08. The average molecular weight is 240 g/mol. The van der Waals surface area contributed by atoms with Crippen LogP contribution in [-0.4, -0.2) is 19.1 Å². The van der Waals surface area contributed by atoms with Gasteiger partial charge in [0.25, 0.3) is 0 Å². The van der Waals surface area contributed by atoms with Gasteiger partial charge >= 0.3 is 5.97 Å². The molecule has 0 aliphatic carbocycles. The number of halogens is 2. The number of nitrogens with one attached hydrogen (secondary N) is 1. The Morgan fingerprint density at radius 2 is 2.06 bits per heavy atom. The molecule has 1 rings (SSSR count). The highest BCUT2D eigenvalue weighted by molar-refractivity contribution is 5.75. The standard InChI is InChI=1S/C11H10F2N2O2/c1-2-17-10(16)6-15-11-8(12)3-7(5-14)4-9(11)13/h3-4,15H,2,6H2,1H3. The van der Waals surface area contributed by atoms with Gasteiger partial charge in [0.05, 0.1) is 18.2 Å². The van der Waals surface area contributed by atoms with Crippen LogP contribution in [0, 0.1) is 23.0 Å². The van der Waals surface area contributed by atoms with Crippen molar-refractivity contribution >= 4 is 11.7 Å². The number of hydrogen-bond donors (Lipinski definition) is 1. The summed E-state index contributed by atoms with van der Waals surface area (Å²) in [6.45, 7) is 1.48. The van der Waals surface area contributed by atoms with E-state index >= 15 is 0 Å². The summed E-state index contributed by atoms with van der Waals surface area (Å²) >= 11 is 0. The molecule has 0 saturated heterocycles. The van der Waals surface area contributed by atoms with Crippen molar-refractivity contribution in [1.29, 1.82) is 5.26 Å². The number of carbonyl (C=O) groups is 1. The van der Waals surface area contributed by atoms with Crippen molar-refractivity contribution in [2.24, 2.45) is 0 Å². The number of hydrogen-bond acceptors (Lipinski definition) is 4. The fourth-order valence-corrected chi connectivity index (χ4v) is 1.18. The summed E-state index contributed by atoms with van der Waals surface area (Å²) in [7, 11) is 0. The van der Waals surface area contributed by atoms with Crippen molar-refractivity contribution < 1.29 is 18.3 Å². The lowest BCUT2D eigenvalue weighted by Crippen LogP contribution is -2.18. The molecule has 6 heteroatoms. The average Bonchev–Trinajstić information content (AvgIpc) is 2.28. The lowest BCUT2D eigenvalue weighted by Gasteiger charge is -2.08. The molecule has 0 unspecified atom stereocenters. The first-order valence-corrected chi connectivity index (χ1v) is 4.87. The molecule has 0 radical (unpaired) electrons. The predicted molar refractivity (Wildman–Crippen MR) is 56.2 cm³/mol. The van der Waals surface area contributed by atoms with E-state index in [1.165, 1.54) is 0 Å². The molecule has 17 heavy (non-hydrogen) atoms. The summed E-state index contributed by atoms with van der Waals surface area (Å²) < 4.78 is 31.2. The number of esters is 1. The van der Waals surface area contributed by atoms with Gasteiger partial charge in [-0.05, 0) is 19.1 Å². The molecule has 0 atom stereocenters. The number of benzene rings is 1. The molecule has 90 valence electrons. The quantitative estimate of drug-likeness (QED) is 0.815. The number of ether oxygens (including phenoxy) is 1. The Hall–Kier alpha value is -2.16. The van der Waals surface area contributed by atoms with Gasteiger partial charge < -0.3 is 10.1 Å². The Balaban J connectivity index is 2.79. The van der Waals surface area contributed by atoms with Crippen LogP contribution < -0.4 is 5.32 Å². The fourth-order valence-electron chi connectivity index (χ4n) is 1.18. The van der Waals surface area contributed by atoms with Gasteiger partial charge in [0.1, 0.15) is 12.2 Å². The zero-order valence-electron chi connectivity index (χ0n) is 9.09. The molecule has 0 heterocycles. The van der Waals surface area contributed by atoms with Crippen LogP contribution in [0.15, 0.2) is 12.1 Å². The summed E-state index contributed by atoms with van der Waals surface area (Å²) in [6, 6.07) is 3.39. The molecular weight excluding hydrogens is 230 g/mol. The van der Waals surface area contributed by atoms with Gasteiger partial charge in [-0.25, -0.2) is 8.78 Å². The van der Waals surface area contributed by atoms with E-state index in [0.717, 1.165) is 12.1 Å². The maximum atomic E-state index is 13.3. The van der Waals surface area contributed by atoms with E-state index in [9.17, 15) is 13.6 Å². The van der Waals surface area contributed by atoms with Crippen LogP contribution in [0.4, 0.5) is 14.5 Å². The second kappa shape index (κ2) is 5.80. The van der Waals surface area contributed by atoms with Crippen LogP contribution in [0.25, 0.3) is 0 Å². The number of carbonyl (C=O) groups excluding carboxylic acids is 1. The van der Waals surface area contributed by atoms with E-state index in [1.54, 1.807) is 13.0 Å². The summed E-state index contributed by atoms with van der Waals surface area (Å²) in [5.74, 6) is -2.47. The summed E-state index contributed by atoms with van der Waals surface area (Å²) in [6.07, 6.45) is 0. The first kappa shape index (κ1) is 12.9. The minimum Gasteiger partial charge on any atom is -0.465 e. The van der Waals surface area contributed by atoms with Gasteiger partial charge in [-0.15, -0.1) is 0 Å². The van der Waals surface area contributed by atoms with Crippen LogP contribution in [0.3, 0.4) is 0 Å². The van der Waals surface area contributed by atoms with Crippen molar-refractivity contribution in [3.63, 3.8) is 0 Å². The number of nitriles is 1. The Bertz CT molecular complexity index is 446. The van der Waals surface area contributed by atoms with Gasteiger partial charge in [-0.3, -0.25) is 4.79 Å². The molecule has 1 aromatic carbocycles. The molecule has 0 amide bonds.